The molecule has 2 N–H and O–H groups in total. The fourth-order valence-electron chi connectivity index (χ4n) is 3.10. The number of urea groups is 1. The molecule has 3 rings (SSSR count). The summed E-state index contributed by atoms with van der Waals surface area (Å²) >= 11 is 0. The molecule has 6 nitrogen and oxygen atoms in total. The molecule has 1 aromatic carbocycles. The lowest BCUT2D eigenvalue weighted by Crippen LogP contribution is -2.46. The zero-order valence-corrected chi connectivity index (χ0v) is 13.8. The van der Waals surface area contributed by atoms with E-state index in [2.05, 4.69) is 29.4 Å². The van der Waals surface area contributed by atoms with Crippen LogP contribution < -0.4 is 20.1 Å². The fraction of sp³-hybridized carbons (Fsp3) is 0.588. The van der Waals surface area contributed by atoms with E-state index in [9.17, 15) is 4.79 Å². The molecule has 2 amide bonds. The molecular weight excluding hydrogens is 294 g/mol. The maximum Gasteiger partial charge on any atom is 0.319 e. The number of ether oxygens (including phenoxy) is 2. The number of piperidine rings is 1. The van der Waals surface area contributed by atoms with Gasteiger partial charge in [0, 0.05) is 37.4 Å². The van der Waals surface area contributed by atoms with Gasteiger partial charge in [0.2, 0.25) is 6.79 Å². The van der Waals surface area contributed by atoms with E-state index in [-0.39, 0.29) is 18.9 Å². The predicted molar refractivity (Wildman–Crippen MR) is 89.0 cm³/mol. The van der Waals surface area contributed by atoms with Crippen LogP contribution in [0.4, 0.5) is 10.5 Å². The van der Waals surface area contributed by atoms with Gasteiger partial charge >= 0.3 is 6.03 Å². The van der Waals surface area contributed by atoms with Crippen molar-refractivity contribution in [3.05, 3.63) is 18.2 Å². The lowest BCUT2D eigenvalue weighted by atomic mass is 10.0. The van der Waals surface area contributed by atoms with Crippen LogP contribution in [0.2, 0.25) is 0 Å². The maximum absolute atomic E-state index is 12.1. The van der Waals surface area contributed by atoms with Crippen molar-refractivity contribution in [3.63, 3.8) is 0 Å². The van der Waals surface area contributed by atoms with Gasteiger partial charge in [-0.25, -0.2) is 4.79 Å². The Hall–Kier alpha value is -1.95. The van der Waals surface area contributed by atoms with Gasteiger partial charge in [0.15, 0.2) is 11.5 Å². The van der Waals surface area contributed by atoms with Crippen molar-refractivity contribution < 1.29 is 14.3 Å². The van der Waals surface area contributed by atoms with Crippen molar-refractivity contribution in [3.8, 4) is 11.5 Å². The average Bonchev–Trinajstić information content (AvgIpc) is 2.96. The minimum Gasteiger partial charge on any atom is -0.454 e. The van der Waals surface area contributed by atoms with Crippen LogP contribution >= 0.6 is 0 Å². The van der Waals surface area contributed by atoms with E-state index in [0.29, 0.717) is 23.1 Å². The highest BCUT2D eigenvalue weighted by molar-refractivity contribution is 5.89. The third-order valence-corrected chi connectivity index (χ3v) is 4.18. The number of amides is 2. The summed E-state index contributed by atoms with van der Waals surface area (Å²) in [6, 6.07) is 5.49. The zero-order valence-electron chi connectivity index (χ0n) is 13.8. The highest BCUT2D eigenvalue weighted by Crippen LogP contribution is 2.34. The summed E-state index contributed by atoms with van der Waals surface area (Å²) in [5, 5.41) is 5.92. The van der Waals surface area contributed by atoms with E-state index < -0.39 is 0 Å². The first kappa shape index (κ1) is 15.9. The fourth-order valence-corrected chi connectivity index (χ4v) is 3.10. The van der Waals surface area contributed by atoms with E-state index in [1.807, 2.05) is 12.1 Å². The Kier molecular flexibility index (Phi) is 4.91. The van der Waals surface area contributed by atoms with Gasteiger partial charge in [-0.05, 0) is 30.9 Å². The van der Waals surface area contributed by atoms with Crippen molar-refractivity contribution in [2.24, 2.45) is 5.92 Å². The lowest BCUT2D eigenvalue weighted by Gasteiger charge is -2.33. The number of anilines is 1. The third kappa shape index (κ3) is 4.28. The second kappa shape index (κ2) is 7.08. The highest BCUT2D eigenvalue weighted by Gasteiger charge is 2.21. The summed E-state index contributed by atoms with van der Waals surface area (Å²) in [5.74, 6) is 2.08. The van der Waals surface area contributed by atoms with Crippen molar-refractivity contribution in [1.29, 1.82) is 0 Å². The molecule has 0 spiro atoms. The number of rotatable bonds is 4. The Bertz CT molecular complexity index is 554. The second-order valence-electron chi connectivity index (χ2n) is 6.64. The van der Waals surface area contributed by atoms with E-state index >= 15 is 0 Å². The molecule has 0 aromatic heterocycles. The van der Waals surface area contributed by atoms with E-state index in [1.165, 1.54) is 0 Å². The standard InChI is InChI=1S/C17H25N3O3/c1-12(2)10-20-7-5-13(6-8-20)18-17(21)19-14-3-4-15-16(9-14)23-11-22-15/h3-4,9,12-13H,5-8,10-11H2,1-2H3,(H2,18,19,21). The van der Waals surface area contributed by atoms with E-state index in [0.717, 1.165) is 32.5 Å². The average molecular weight is 319 g/mol. The zero-order chi connectivity index (χ0) is 16.2. The molecule has 126 valence electrons. The number of carbonyl (C=O) groups excluding carboxylic acids is 1. The van der Waals surface area contributed by atoms with Crippen LogP contribution in [0.1, 0.15) is 26.7 Å². The molecule has 0 aliphatic carbocycles. The van der Waals surface area contributed by atoms with Crippen LogP contribution in [-0.2, 0) is 0 Å². The van der Waals surface area contributed by atoms with Gasteiger partial charge < -0.3 is 25.0 Å². The van der Waals surface area contributed by atoms with Crippen molar-refractivity contribution in [2.75, 3.05) is 31.7 Å². The number of hydrogen-bond acceptors (Lipinski definition) is 4. The SMILES string of the molecule is CC(C)CN1CCC(NC(=O)Nc2ccc3c(c2)OCO3)CC1. The quantitative estimate of drug-likeness (QED) is 0.895. The topological polar surface area (TPSA) is 62.8 Å². The largest absolute Gasteiger partial charge is 0.454 e. The number of carbonyl (C=O) groups is 1. The Morgan fingerprint density at radius 1 is 1.26 bits per heavy atom. The molecule has 0 bridgehead atoms. The first-order chi connectivity index (χ1) is 11.1. The van der Waals surface area contributed by atoms with Crippen molar-refractivity contribution in [1.82, 2.24) is 10.2 Å². The summed E-state index contributed by atoms with van der Waals surface area (Å²) in [6.45, 7) is 7.95. The summed E-state index contributed by atoms with van der Waals surface area (Å²) in [7, 11) is 0. The molecule has 2 aliphatic heterocycles. The van der Waals surface area contributed by atoms with Gasteiger partial charge in [-0.15, -0.1) is 0 Å². The molecule has 2 heterocycles. The number of hydrogen-bond donors (Lipinski definition) is 2. The van der Waals surface area contributed by atoms with Gasteiger partial charge in [0.25, 0.3) is 0 Å². The summed E-state index contributed by atoms with van der Waals surface area (Å²) in [4.78, 5) is 14.6. The highest BCUT2D eigenvalue weighted by atomic mass is 16.7. The predicted octanol–water partition coefficient (Wildman–Crippen LogP) is 2.66. The molecule has 0 atom stereocenters. The van der Waals surface area contributed by atoms with Crippen LogP contribution in [0, 0.1) is 5.92 Å². The Balaban J connectivity index is 1.45. The van der Waals surface area contributed by atoms with Crippen molar-refractivity contribution >= 4 is 11.7 Å². The molecule has 1 fully saturated rings. The molecule has 0 saturated carbocycles. The van der Waals surface area contributed by atoms with Crippen LogP contribution in [0.3, 0.4) is 0 Å². The summed E-state index contributed by atoms with van der Waals surface area (Å²) in [5.41, 5.74) is 0.712. The van der Waals surface area contributed by atoms with Crippen LogP contribution in [0.15, 0.2) is 18.2 Å². The molecule has 2 aliphatic rings. The Morgan fingerprint density at radius 3 is 2.74 bits per heavy atom. The number of likely N-dealkylation sites (tertiary alicyclic amines) is 1. The third-order valence-electron chi connectivity index (χ3n) is 4.18. The Labute approximate surface area is 137 Å². The van der Waals surface area contributed by atoms with Gasteiger partial charge in [-0.2, -0.15) is 0 Å². The maximum atomic E-state index is 12.1. The van der Waals surface area contributed by atoms with Gasteiger partial charge in [0.1, 0.15) is 0 Å². The van der Waals surface area contributed by atoms with E-state index in [4.69, 9.17) is 9.47 Å². The van der Waals surface area contributed by atoms with Crippen LogP contribution in [0.5, 0.6) is 11.5 Å². The number of nitrogens with zero attached hydrogens (tertiary/aromatic N) is 1. The van der Waals surface area contributed by atoms with Crippen molar-refractivity contribution in [2.45, 2.75) is 32.7 Å². The minimum absolute atomic E-state index is 0.161. The molecule has 1 saturated heterocycles. The first-order valence-electron chi connectivity index (χ1n) is 8.29. The minimum atomic E-state index is -0.161. The number of nitrogens with one attached hydrogen (secondary N) is 2. The second-order valence-corrected chi connectivity index (χ2v) is 6.64. The summed E-state index contributed by atoms with van der Waals surface area (Å²) < 4.78 is 10.6. The van der Waals surface area contributed by atoms with Gasteiger partial charge in [-0.1, -0.05) is 13.8 Å². The Morgan fingerprint density at radius 2 is 2.00 bits per heavy atom. The van der Waals surface area contributed by atoms with E-state index in [1.54, 1.807) is 6.07 Å². The monoisotopic (exact) mass is 319 g/mol. The number of fused-ring (bicyclic) bond motifs is 1. The van der Waals surface area contributed by atoms with Crippen LogP contribution in [-0.4, -0.2) is 43.4 Å². The lowest BCUT2D eigenvalue weighted by molar-refractivity contribution is 0.174. The summed E-state index contributed by atoms with van der Waals surface area (Å²) in [6.07, 6.45) is 2.00. The smallest absolute Gasteiger partial charge is 0.319 e. The molecule has 6 heteroatoms. The van der Waals surface area contributed by atoms with Crippen LogP contribution in [0.25, 0.3) is 0 Å². The normalized spacial score (nSPS) is 18.2. The molecular formula is C17H25N3O3. The number of benzene rings is 1. The molecule has 1 aromatic rings. The van der Waals surface area contributed by atoms with Gasteiger partial charge in [-0.3, -0.25) is 0 Å². The molecule has 0 unspecified atom stereocenters. The molecule has 0 radical (unpaired) electrons. The van der Waals surface area contributed by atoms with Gasteiger partial charge in [0.05, 0.1) is 0 Å². The molecule has 23 heavy (non-hydrogen) atoms. The first-order valence-corrected chi connectivity index (χ1v) is 8.29.